The van der Waals surface area contributed by atoms with Crippen molar-refractivity contribution >= 4 is 0 Å². The van der Waals surface area contributed by atoms with Crippen molar-refractivity contribution in [2.24, 2.45) is 5.92 Å². The molecule has 9 heavy (non-hydrogen) atoms. The number of rotatable bonds is 5. The van der Waals surface area contributed by atoms with E-state index in [0.29, 0.717) is 5.92 Å². The van der Waals surface area contributed by atoms with Crippen LogP contribution >= 0.6 is 0 Å². The average molecular weight is 133 g/mol. The Hall–Kier alpha value is -0.110. The third kappa shape index (κ3) is 5.77. The van der Waals surface area contributed by atoms with E-state index in [1.54, 1.807) is 0 Å². The SMILES string of the molecule is CCCC(C)CNCF. The fourth-order valence-electron chi connectivity index (χ4n) is 0.896. The molecule has 0 aliphatic rings. The van der Waals surface area contributed by atoms with Crippen molar-refractivity contribution in [2.45, 2.75) is 26.7 Å². The number of hydrogen-bond donors (Lipinski definition) is 1. The summed E-state index contributed by atoms with van der Waals surface area (Å²) in [6.45, 7) is 4.69. The molecule has 0 saturated carbocycles. The fraction of sp³-hybridized carbons (Fsp3) is 1.00. The zero-order valence-electron chi connectivity index (χ0n) is 6.28. The summed E-state index contributed by atoms with van der Waals surface area (Å²) in [5, 5.41) is 2.67. The van der Waals surface area contributed by atoms with Crippen molar-refractivity contribution in [3.63, 3.8) is 0 Å². The minimum Gasteiger partial charge on any atom is -0.290 e. The smallest absolute Gasteiger partial charge is 0.140 e. The summed E-state index contributed by atoms with van der Waals surface area (Å²) in [6, 6.07) is 0. The first kappa shape index (κ1) is 8.89. The van der Waals surface area contributed by atoms with Crippen LogP contribution in [0.25, 0.3) is 0 Å². The Morgan fingerprint density at radius 2 is 2.22 bits per heavy atom. The van der Waals surface area contributed by atoms with Crippen LogP contribution in [0.2, 0.25) is 0 Å². The molecule has 0 fully saturated rings. The van der Waals surface area contributed by atoms with Crippen molar-refractivity contribution in [1.29, 1.82) is 0 Å². The molecule has 0 bridgehead atoms. The highest BCUT2D eigenvalue weighted by molar-refractivity contribution is 4.52. The Kier molecular flexibility index (Phi) is 5.94. The van der Waals surface area contributed by atoms with Crippen molar-refractivity contribution in [3.8, 4) is 0 Å². The molecule has 56 valence electrons. The monoisotopic (exact) mass is 133 g/mol. The van der Waals surface area contributed by atoms with Gasteiger partial charge in [-0.25, -0.2) is 4.39 Å². The molecule has 0 spiro atoms. The van der Waals surface area contributed by atoms with Gasteiger partial charge in [0.1, 0.15) is 6.80 Å². The quantitative estimate of drug-likeness (QED) is 0.565. The van der Waals surface area contributed by atoms with Gasteiger partial charge in [-0.1, -0.05) is 20.3 Å². The van der Waals surface area contributed by atoms with Gasteiger partial charge in [0.05, 0.1) is 0 Å². The Morgan fingerprint density at radius 3 is 2.67 bits per heavy atom. The first-order valence-corrected chi connectivity index (χ1v) is 3.58. The van der Waals surface area contributed by atoms with E-state index >= 15 is 0 Å². The summed E-state index contributed by atoms with van der Waals surface area (Å²) >= 11 is 0. The molecule has 1 nitrogen and oxygen atoms in total. The van der Waals surface area contributed by atoms with Crippen LogP contribution in [0.1, 0.15) is 26.7 Å². The largest absolute Gasteiger partial charge is 0.290 e. The Bertz CT molecular complexity index is 56.9. The number of hydrogen-bond acceptors (Lipinski definition) is 1. The zero-order chi connectivity index (χ0) is 7.11. The summed E-state index contributed by atoms with van der Waals surface area (Å²) < 4.78 is 11.5. The molecule has 0 aliphatic heterocycles. The molecule has 1 unspecified atom stereocenters. The molecule has 0 aliphatic carbocycles. The van der Waals surface area contributed by atoms with E-state index in [1.807, 2.05) is 0 Å². The Labute approximate surface area is 56.6 Å². The normalized spacial score (nSPS) is 13.7. The van der Waals surface area contributed by atoms with Crippen LogP contribution in [0.3, 0.4) is 0 Å². The molecule has 0 aromatic rings. The molecule has 0 saturated heterocycles. The van der Waals surface area contributed by atoms with Gasteiger partial charge in [0, 0.05) is 6.54 Å². The van der Waals surface area contributed by atoms with E-state index < -0.39 is 6.80 Å². The van der Waals surface area contributed by atoms with Crippen LogP contribution in [-0.2, 0) is 0 Å². The van der Waals surface area contributed by atoms with Crippen LogP contribution in [0.5, 0.6) is 0 Å². The zero-order valence-corrected chi connectivity index (χ0v) is 6.28. The van der Waals surface area contributed by atoms with Gasteiger partial charge in [0.15, 0.2) is 0 Å². The van der Waals surface area contributed by atoms with E-state index in [-0.39, 0.29) is 0 Å². The third-order valence-corrected chi connectivity index (χ3v) is 1.37. The van der Waals surface area contributed by atoms with Gasteiger partial charge < -0.3 is 0 Å². The first-order valence-electron chi connectivity index (χ1n) is 3.58. The maximum atomic E-state index is 11.5. The second-order valence-corrected chi connectivity index (χ2v) is 2.48. The fourth-order valence-corrected chi connectivity index (χ4v) is 0.896. The van der Waals surface area contributed by atoms with Crippen LogP contribution in [-0.4, -0.2) is 13.3 Å². The van der Waals surface area contributed by atoms with Crippen molar-refractivity contribution < 1.29 is 4.39 Å². The van der Waals surface area contributed by atoms with Crippen LogP contribution in [0, 0.1) is 5.92 Å². The van der Waals surface area contributed by atoms with Gasteiger partial charge in [0.2, 0.25) is 0 Å². The topological polar surface area (TPSA) is 12.0 Å². The maximum absolute atomic E-state index is 11.5. The van der Waals surface area contributed by atoms with E-state index in [9.17, 15) is 4.39 Å². The first-order chi connectivity index (χ1) is 4.31. The highest BCUT2D eigenvalue weighted by Gasteiger charge is 1.97. The standard InChI is InChI=1S/C7H16FN/c1-3-4-7(2)5-9-6-8/h7,9H,3-6H2,1-2H3. The maximum Gasteiger partial charge on any atom is 0.140 e. The number of nitrogens with one attached hydrogen (secondary N) is 1. The highest BCUT2D eigenvalue weighted by atomic mass is 19.1. The van der Waals surface area contributed by atoms with Crippen molar-refractivity contribution in [2.75, 3.05) is 13.3 Å². The van der Waals surface area contributed by atoms with Gasteiger partial charge in [0.25, 0.3) is 0 Å². The molecule has 0 aromatic heterocycles. The number of alkyl halides is 1. The van der Waals surface area contributed by atoms with E-state index in [1.165, 1.54) is 12.8 Å². The third-order valence-electron chi connectivity index (χ3n) is 1.37. The van der Waals surface area contributed by atoms with E-state index in [4.69, 9.17) is 0 Å². The Balaban J connectivity index is 2.95. The molecule has 0 amide bonds. The molecule has 0 rings (SSSR count). The lowest BCUT2D eigenvalue weighted by molar-refractivity contribution is 0.384. The second kappa shape index (κ2) is 6.02. The summed E-state index contributed by atoms with van der Waals surface area (Å²) in [5.41, 5.74) is 0. The second-order valence-electron chi connectivity index (χ2n) is 2.48. The molecule has 0 aromatic carbocycles. The molecule has 2 heteroatoms. The van der Waals surface area contributed by atoms with Crippen molar-refractivity contribution in [3.05, 3.63) is 0 Å². The minimum absolute atomic E-state index is 0.395. The predicted molar refractivity (Wildman–Crippen MR) is 38.0 cm³/mol. The van der Waals surface area contributed by atoms with Crippen LogP contribution < -0.4 is 5.32 Å². The van der Waals surface area contributed by atoms with Gasteiger partial charge in [-0.3, -0.25) is 5.32 Å². The summed E-state index contributed by atoms with van der Waals surface area (Å²) in [7, 11) is 0. The molecular weight excluding hydrogens is 117 g/mol. The van der Waals surface area contributed by atoms with Crippen LogP contribution in [0.15, 0.2) is 0 Å². The lowest BCUT2D eigenvalue weighted by Crippen LogP contribution is -2.19. The van der Waals surface area contributed by atoms with Gasteiger partial charge in [-0.2, -0.15) is 0 Å². The van der Waals surface area contributed by atoms with Crippen molar-refractivity contribution in [1.82, 2.24) is 5.32 Å². The van der Waals surface area contributed by atoms with Gasteiger partial charge in [-0.05, 0) is 12.3 Å². The Morgan fingerprint density at radius 1 is 1.56 bits per heavy atom. The summed E-state index contributed by atoms with van der Waals surface area (Å²) in [6.07, 6.45) is 2.38. The van der Waals surface area contributed by atoms with Crippen LogP contribution in [0.4, 0.5) is 4.39 Å². The lowest BCUT2D eigenvalue weighted by Gasteiger charge is -2.07. The van der Waals surface area contributed by atoms with Gasteiger partial charge in [-0.15, -0.1) is 0 Å². The van der Waals surface area contributed by atoms with Gasteiger partial charge >= 0.3 is 0 Å². The molecule has 0 heterocycles. The van der Waals surface area contributed by atoms with E-state index in [2.05, 4.69) is 19.2 Å². The molecule has 0 radical (unpaired) electrons. The lowest BCUT2D eigenvalue weighted by atomic mass is 10.1. The summed E-state index contributed by atoms with van der Waals surface area (Å²) in [5.74, 6) is 0.616. The number of halogens is 1. The summed E-state index contributed by atoms with van der Waals surface area (Å²) in [4.78, 5) is 0. The molecular formula is C7H16FN. The highest BCUT2D eigenvalue weighted by Crippen LogP contribution is 2.01. The van der Waals surface area contributed by atoms with E-state index in [0.717, 1.165) is 6.54 Å². The molecule has 1 atom stereocenters. The predicted octanol–water partition coefficient (Wildman–Crippen LogP) is 1.94. The minimum atomic E-state index is -0.395. The average Bonchev–Trinajstić information content (AvgIpc) is 1.85. The molecule has 1 N–H and O–H groups in total.